The Kier molecular flexibility index (Phi) is 5.07. The highest BCUT2D eigenvalue weighted by atomic mass is 32.2. The van der Waals surface area contributed by atoms with Crippen LogP contribution in [0.2, 0.25) is 0 Å². The fourth-order valence-corrected chi connectivity index (χ4v) is 2.63. The Bertz CT molecular complexity index is 851. The van der Waals surface area contributed by atoms with Gasteiger partial charge in [-0.3, -0.25) is 9.89 Å². The number of hydrogen-bond donors (Lipinski definition) is 3. The lowest BCUT2D eigenvalue weighted by molar-refractivity contribution is -0.139. The van der Waals surface area contributed by atoms with Crippen LogP contribution in [0.25, 0.3) is 11.5 Å². The summed E-state index contributed by atoms with van der Waals surface area (Å²) in [5, 5.41) is 17.8. The Labute approximate surface area is 138 Å². The van der Waals surface area contributed by atoms with Crippen molar-refractivity contribution in [1.29, 1.82) is 0 Å². The number of aromatic amines is 1. The number of sulfone groups is 1. The Morgan fingerprint density at radius 2 is 2.12 bits per heavy atom. The number of aryl methyl sites for hydroxylation is 1. The average Bonchev–Trinajstić information content (AvgIpc) is 3.10. The minimum Gasteiger partial charge on any atom is -0.480 e. The average molecular weight is 355 g/mol. The maximum atomic E-state index is 12.1. The van der Waals surface area contributed by atoms with Gasteiger partial charge in [0.25, 0.3) is 5.91 Å². The second-order valence-electron chi connectivity index (χ2n) is 5.36. The SMILES string of the molecule is Cc1ccc(-c2cc(C(=O)NC(CCS(C)(=O)=O)C(=O)O)n[nH]2)o1. The molecule has 2 heterocycles. The highest BCUT2D eigenvalue weighted by molar-refractivity contribution is 7.90. The van der Waals surface area contributed by atoms with E-state index in [0.717, 1.165) is 6.26 Å². The van der Waals surface area contributed by atoms with E-state index in [1.54, 1.807) is 19.1 Å². The van der Waals surface area contributed by atoms with Crippen molar-refractivity contribution in [2.75, 3.05) is 12.0 Å². The van der Waals surface area contributed by atoms with E-state index >= 15 is 0 Å². The number of aromatic nitrogens is 2. The maximum absolute atomic E-state index is 12.1. The zero-order valence-corrected chi connectivity index (χ0v) is 13.9. The molecule has 0 fully saturated rings. The lowest BCUT2D eigenvalue weighted by atomic mass is 10.2. The van der Waals surface area contributed by atoms with E-state index in [0.29, 0.717) is 17.2 Å². The number of aliphatic carboxylic acids is 1. The normalized spacial score (nSPS) is 12.8. The van der Waals surface area contributed by atoms with E-state index in [9.17, 15) is 18.0 Å². The summed E-state index contributed by atoms with van der Waals surface area (Å²) >= 11 is 0. The molecule has 2 aromatic heterocycles. The monoisotopic (exact) mass is 355 g/mol. The van der Waals surface area contributed by atoms with Gasteiger partial charge < -0.3 is 14.8 Å². The fraction of sp³-hybridized carbons (Fsp3) is 0.357. The summed E-state index contributed by atoms with van der Waals surface area (Å²) in [4.78, 5) is 23.3. The molecule has 0 spiro atoms. The molecule has 0 saturated carbocycles. The molecular formula is C14H17N3O6S. The van der Waals surface area contributed by atoms with E-state index in [1.807, 2.05) is 0 Å². The molecule has 3 N–H and O–H groups in total. The third-order valence-corrected chi connectivity index (χ3v) is 4.17. The first-order valence-corrected chi connectivity index (χ1v) is 9.05. The number of carboxylic acid groups (broad SMARTS) is 1. The molecule has 24 heavy (non-hydrogen) atoms. The molecular weight excluding hydrogens is 338 g/mol. The predicted octanol–water partition coefficient (Wildman–Crippen LogP) is 0.596. The van der Waals surface area contributed by atoms with Gasteiger partial charge in [-0.15, -0.1) is 0 Å². The molecule has 0 aromatic carbocycles. The van der Waals surface area contributed by atoms with Gasteiger partial charge in [-0.05, 0) is 25.5 Å². The van der Waals surface area contributed by atoms with Crippen LogP contribution < -0.4 is 5.32 Å². The van der Waals surface area contributed by atoms with Crippen molar-refractivity contribution in [1.82, 2.24) is 15.5 Å². The number of furan rings is 1. The summed E-state index contributed by atoms with van der Waals surface area (Å²) in [7, 11) is -3.33. The lowest BCUT2D eigenvalue weighted by Crippen LogP contribution is -2.42. The number of amides is 1. The molecule has 0 radical (unpaired) electrons. The van der Waals surface area contributed by atoms with Crippen LogP contribution in [0, 0.1) is 6.92 Å². The molecule has 0 aliphatic rings. The molecule has 1 amide bonds. The number of carbonyl (C=O) groups excluding carboxylic acids is 1. The number of rotatable bonds is 7. The van der Waals surface area contributed by atoms with Gasteiger partial charge in [-0.1, -0.05) is 0 Å². The smallest absolute Gasteiger partial charge is 0.326 e. The number of carboxylic acids is 1. The molecule has 0 saturated heterocycles. The molecule has 130 valence electrons. The Morgan fingerprint density at radius 3 is 2.67 bits per heavy atom. The van der Waals surface area contributed by atoms with Crippen LogP contribution in [-0.2, 0) is 14.6 Å². The Morgan fingerprint density at radius 1 is 1.42 bits per heavy atom. The molecule has 10 heteroatoms. The third kappa shape index (κ3) is 4.69. The van der Waals surface area contributed by atoms with Crippen molar-refractivity contribution >= 4 is 21.7 Å². The standard InChI is InChI=1S/C14H17N3O6S/c1-8-3-4-12(23-8)10-7-11(17-16-10)13(18)15-9(14(19)20)5-6-24(2,21)22/h3-4,7,9H,5-6H2,1-2H3,(H,15,18)(H,16,17)(H,19,20). The van der Waals surface area contributed by atoms with Crippen LogP contribution in [0.4, 0.5) is 0 Å². The van der Waals surface area contributed by atoms with Crippen LogP contribution in [0.1, 0.15) is 22.7 Å². The molecule has 2 rings (SSSR count). The summed E-state index contributed by atoms with van der Waals surface area (Å²) in [5.74, 6) is -1.20. The number of nitrogens with zero attached hydrogens (tertiary/aromatic N) is 1. The van der Waals surface area contributed by atoms with Crippen molar-refractivity contribution in [3.05, 3.63) is 29.7 Å². The van der Waals surface area contributed by atoms with Crippen LogP contribution in [0.15, 0.2) is 22.6 Å². The van der Waals surface area contributed by atoms with Gasteiger partial charge in [0.05, 0.1) is 5.75 Å². The first-order valence-electron chi connectivity index (χ1n) is 6.99. The van der Waals surface area contributed by atoms with Crippen molar-refractivity contribution in [3.63, 3.8) is 0 Å². The van der Waals surface area contributed by atoms with Crippen LogP contribution in [-0.4, -0.2) is 53.6 Å². The topological polar surface area (TPSA) is 142 Å². The van der Waals surface area contributed by atoms with Gasteiger partial charge in [0.15, 0.2) is 11.5 Å². The van der Waals surface area contributed by atoms with Crippen molar-refractivity contribution < 1.29 is 27.5 Å². The first kappa shape index (κ1) is 17.7. The van der Waals surface area contributed by atoms with E-state index in [2.05, 4.69) is 15.5 Å². The van der Waals surface area contributed by atoms with Gasteiger partial charge in [-0.25, -0.2) is 13.2 Å². The van der Waals surface area contributed by atoms with Crippen molar-refractivity contribution in [3.8, 4) is 11.5 Å². The number of carbonyl (C=O) groups is 2. The first-order chi connectivity index (χ1) is 11.2. The highest BCUT2D eigenvalue weighted by Crippen LogP contribution is 2.20. The quantitative estimate of drug-likeness (QED) is 0.660. The minimum absolute atomic E-state index is 0.0235. The van der Waals surface area contributed by atoms with Crippen molar-refractivity contribution in [2.45, 2.75) is 19.4 Å². The third-order valence-electron chi connectivity index (χ3n) is 3.20. The summed E-state index contributed by atoms with van der Waals surface area (Å²) in [5.41, 5.74) is 0.445. The van der Waals surface area contributed by atoms with E-state index in [4.69, 9.17) is 9.52 Å². The molecule has 2 aromatic rings. The maximum Gasteiger partial charge on any atom is 0.326 e. The van der Waals surface area contributed by atoms with E-state index in [1.165, 1.54) is 6.07 Å². The Hall–Kier alpha value is -2.62. The number of H-pyrrole nitrogens is 1. The molecule has 1 atom stereocenters. The van der Waals surface area contributed by atoms with Gasteiger partial charge in [0.2, 0.25) is 0 Å². The minimum atomic E-state index is -3.33. The van der Waals surface area contributed by atoms with Crippen LogP contribution >= 0.6 is 0 Å². The molecule has 0 aliphatic heterocycles. The fourth-order valence-electron chi connectivity index (χ4n) is 1.97. The second kappa shape index (κ2) is 6.87. The summed E-state index contributed by atoms with van der Waals surface area (Å²) < 4.78 is 27.7. The van der Waals surface area contributed by atoms with Crippen LogP contribution in [0.3, 0.4) is 0 Å². The van der Waals surface area contributed by atoms with Gasteiger partial charge in [0.1, 0.15) is 27.3 Å². The van der Waals surface area contributed by atoms with Gasteiger partial charge in [0, 0.05) is 12.3 Å². The molecule has 0 bridgehead atoms. The number of nitrogens with one attached hydrogen (secondary N) is 2. The zero-order chi connectivity index (χ0) is 17.9. The zero-order valence-electron chi connectivity index (χ0n) is 13.1. The molecule has 9 nitrogen and oxygen atoms in total. The Balaban J connectivity index is 2.07. The van der Waals surface area contributed by atoms with Gasteiger partial charge >= 0.3 is 5.97 Å². The van der Waals surface area contributed by atoms with E-state index in [-0.39, 0.29) is 17.9 Å². The van der Waals surface area contributed by atoms with E-state index < -0.39 is 27.8 Å². The largest absolute Gasteiger partial charge is 0.480 e. The van der Waals surface area contributed by atoms with Crippen LogP contribution in [0.5, 0.6) is 0 Å². The van der Waals surface area contributed by atoms with Gasteiger partial charge in [-0.2, -0.15) is 5.10 Å². The number of hydrogen-bond acceptors (Lipinski definition) is 6. The molecule has 1 unspecified atom stereocenters. The summed E-state index contributed by atoms with van der Waals surface area (Å²) in [6.07, 6.45) is 0.771. The lowest BCUT2D eigenvalue weighted by Gasteiger charge is -2.12. The summed E-state index contributed by atoms with van der Waals surface area (Å²) in [6.45, 7) is 1.77. The predicted molar refractivity (Wildman–Crippen MR) is 84.2 cm³/mol. The highest BCUT2D eigenvalue weighted by Gasteiger charge is 2.23. The molecule has 0 aliphatic carbocycles. The van der Waals surface area contributed by atoms with Crippen molar-refractivity contribution in [2.24, 2.45) is 0 Å². The summed E-state index contributed by atoms with van der Waals surface area (Å²) in [6, 6.07) is 3.56. The second-order valence-corrected chi connectivity index (χ2v) is 7.62.